The summed E-state index contributed by atoms with van der Waals surface area (Å²) in [7, 11) is 0. The van der Waals surface area contributed by atoms with Crippen molar-refractivity contribution in [3.05, 3.63) is 0 Å². The molecular formula is C11H22N3O4PS3. The molecule has 1 saturated heterocycles. The van der Waals surface area contributed by atoms with E-state index in [1.807, 2.05) is 13.2 Å². The standard InChI is InChI=1S/C11H22N3O4PS3/c1-6-14(19(20)16-7-11(3,4)8-17-19)22-13-10(15)18-12-9(2)21-5/h6-8H2,1-5H3,(H,13,15)/b12-9+. The first-order valence-electron chi connectivity index (χ1n) is 6.62. The van der Waals surface area contributed by atoms with Crippen LogP contribution in [0.25, 0.3) is 0 Å². The maximum Gasteiger partial charge on any atom is 0.444 e. The van der Waals surface area contributed by atoms with Crippen molar-refractivity contribution in [3.8, 4) is 0 Å². The SMILES string of the molecule is CCN(SNC(=O)O/N=C(\C)SC)P1(=S)OCC(C)(C)CO1. The summed E-state index contributed by atoms with van der Waals surface area (Å²) in [5.41, 5.74) is -0.0528. The number of carbonyl (C=O) groups excluding carboxylic acids is 1. The van der Waals surface area contributed by atoms with E-state index < -0.39 is 12.7 Å². The molecule has 1 fully saturated rings. The van der Waals surface area contributed by atoms with E-state index in [4.69, 9.17) is 25.7 Å². The lowest BCUT2D eigenvalue weighted by molar-refractivity contribution is 0.0508. The van der Waals surface area contributed by atoms with Crippen LogP contribution in [0.4, 0.5) is 4.79 Å². The van der Waals surface area contributed by atoms with Crippen molar-refractivity contribution in [2.45, 2.75) is 27.7 Å². The number of hydrogen-bond donors (Lipinski definition) is 1. The molecule has 0 spiro atoms. The summed E-state index contributed by atoms with van der Waals surface area (Å²) >= 11 is 7.92. The average molecular weight is 387 g/mol. The Kier molecular flexibility index (Phi) is 8.15. The molecule has 0 aliphatic carbocycles. The highest BCUT2D eigenvalue weighted by Gasteiger charge is 2.38. The Morgan fingerprint density at radius 1 is 1.50 bits per heavy atom. The number of hydrogen-bond acceptors (Lipinski definition) is 8. The molecule has 1 heterocycles. The highest BCUT2D eigenvalue weighted by Crippen LogP contribution is 2.59. The monoisotopic (exact) mass is 387 g/mol. The van der Waals surface area contributed by atoms with Crippen LogP contribution in [0.2, 0.25) is 0 Å². The molecule has 1 aliphatic rings. The molecule has 128 valence electrons. The van der Waals surface area contributed by atoms with Gasteiger partial charge >= 0.3 is 6.09 Å². The van der Waals surface area contributed by atoms with Crippen molar-refractivity contribution in [1.29, 1.82) is 0 Å². The highest BCUT2D eigenvalue weighted by atomic mass is 32.5. The number of nitrogens with one attached hydrogen (secondary N) is 1. The third-order valence-corrected chi connectivity index (χ3v) is 8.12. The molecule has 7 nitrogen and oxygen atoms in total. The lowest BCUT2D eigenvalue weighted by Crippen LogP contribution is -2.34. The zero-order valence-corrected chi connectivity index (χ0v) is 16.7. The number of thioether (sulfide) groups is 1. The minimum absolute atomic E-state index is 0.0528. The van der Waals surface area contributed by atoms with E-state index in [9.17, 15) is 4.79 Å². The lowest BCUT2D eigenvalue weighted by Gasteiger charge is -2.40. The molecule has 22 heavy (non-hydrogen) atoms. The Bertz CT molecular complexity index is 461. The number of carbonyl (C=O) groups is 1. The second-order valence-corrected chi connectivity index (χ2v) is 10.7. The average Bonchev–Trinajstić information content (AvgIpc) is 2.48. The van der Waals surface area contributed by atoms with Gasteiger partial charge in [-0.25, -0.2) is 9.52 Å². The second-order valence-electron chi connectivity index (χ2n) is 5.23. The topological polar surface area (TPSA) is 72.4 Å². The van der Waals surface area contributed by atoms with E-state index in [-0.39, 0.29) is 5.41 Å². The molecule has 0 saturated carbocycles. The van der Waals surface area contributed by atoms with Crippen LogP contribution in [0.1, 0.15) is 27.7 Å². The van der Waals surface area contributed by atoms with Crippen LogP contribution in [-0.2, 0) is 25.7 Å². The Morgan fingerprint density at radius 3 is 2.59 bits per heavy atom. The van der Waals surface area contributed by atoms with Crippen LogP contribution in [-0.4, -0.2) is 41.2 Å². The van der Waals surface area contributed by atoms with Crippen molar-refractivity contribution in [1.82, 2.24) is 8.80 Å². The quantitative estimate of drug-likeness (QED) is 0.192. The fourth-order valence-corrected chi connectivity index (χ4v) is 5.19. The van der Waals surface area contributed by atoms with E-state index >= 15 is 0 Å². The van der Waals surface area contributed by atoms with Gasteiger partial charge in [-0.1, -0.05) is 25.9 Å². The van der Waals surface area contributed by atoms with Crippen LogP contribution in [0.5, 0.6) is 0 Å². The summed E-state index contributed by atoms with van der Waals surface area (Å²) in [5.74, 6) is 0. The third-order valence-electron chi connectivity index (χ3n) is 2.57. The van der Waals surface area contributed by atoms with Crippen molar-refractivity contribution in [2.24, 2.45) is 10.6 Å². The van der Waals surface area contributed by atoms with Gasteiger partial charge in [0.1, 0.15) is 5.04 Å². The Labute approximate surface area is 145 Å². The molecular weight excluding hydrogens is 365 g/mol. The summed E-state index contributed by atoms with van der Waals surface area (Å²) in [4.78, 5) is 16.3. The Balaban J connectivity index is 2.52. The largest absolute Gasteiger partial charge is 0.444 e. The molecule has 1 aliphatic heterocycles. The van der Waals surface area contributed by atoms with Crippen LogP contribution in [0.3, 0.4) is 0 Å². The molecule has 0 aromatic heterocycles. The molecule has 0 bridgehead atoms. The van der Waals surface area contributed by atoms with Gasteiger partial charge in [0, 0.05) is 12.0 Å². The van der Waals surface area contributed by atoms with Crippen LogP contribution >= 0.6 is 30.5 Å². The van der Waals surface area contributed by atoms with E-state index in [0.717, 1.165) is 12.1 Å². The van der Waals surface area contributed by atoms with Gasteiger partial charge in [0.2, 0.25) is 0 Å². The maximum absolute atomic E-state index is 11.6. The molecule has 1 rings (SSSR count). The predicted molar refractivity (Wildman–Crippen MR) is 96.2 cm³/mol. The fourth-order valence-electron chi connectivity index (χ4n) is 1.26. The first kappa shape index (κ1) is 20.2. The summed E-state index contributed by atoms with van der Waals surface area (Å²) in [6.07, 6.45) is 1.18. The first-order valence-corrected chi connectivity index (χ1v) is 11.2. The third kappa shape index (κ3) is 6.35. The predicted octanol–water partition coefficient (Wildman–Crippen LogP) is 3.59. The lowest BCUT2D eigenvalue weighted by atomic mass is 9.97. The van der Waals surface area contributed by atoms with E-state index in [1.54, 1.807) is 11.0 Å². The minimum Gasteiger partial charge on any atom is -0.317 e. The van der Waals surface area contributed by atoms with E-state index in [1.165, 1.54) is 11.8 Å². The van der Waals surface area contributed by atoms with Gasteiger partial charge in [-0.15, -0.1) is 11.8 Å². The molecule has 0 atom stereocenters. The van der Waals surface area contributed by atoms with Crippen molar-refractivity contribution in [2.75, 3.05) is 26.0 Å². The van der Waals surface area contributed by atoms with Crippen molar-refractivity contribution < 1.29 is 18.7 Å². The van der Waals surface area contributed by atoms with Gasteiger partial charge in [-0.3, -0.25) is 4.84 Å². The summed E-state index contributed by atoms with van der Waals surface area (Å²) in [6.45, 7) is 6.81. The van der Waals surface area contributed by atoms with Gasteiger partial charge in [0.25, 0.3) is 6.64 Å². The normalized spacial score (nSPS) is 20.7. The van der Waals surface area contributed by atoms with Gasteiger partial charge in [0.15, 0.2) is 0 Å². The summed E-state index contributed by atoms with van der Waals surface area (Å²) < 4.78 is 15.8. The van der Waals surface area contributed by atoms with Gasteiger partial charge < -0.3 is 9.05 Å². The zero-order chi connectivity index (χ0) is 16.8. The molecule has 1 N–H and O–H groups in total. The van der Waals surface area contributed by atoms with Crippen molar-refractivity contribution in [3.63, 3.8) is 0 Å². The van der Waals surface area contributed by atoms with Gasteiger partial charge in [-0.05, 0) is 25.0 Å². The van der Waals surface area contributed by atoms with Crippen molar-refractivity contribution >= 4 is 53.5 Å². The molecule has 0 aromatic rings. The number of nitrogens with zero attached hydrogens (tertiary/aromatic N) is 2. The van der Waals surface area contributed by atoms with E-state index in [2.05, 4.69) is 23.7 Å². The number of rotatable bonds is 5. The summed E-state index contributed by atoms with van der Waals surface area (Å²) in [5, 5.41) is 4.31. The van der Waals surface area contributed by atoms with Crippen LogP contribution in [0, 0.1) is 5.41 Å². The molecule has 0 radical (unpaired) electrons. The highest BCUT2D eigenvalue weighted by molar-refractivity contribution is 8.15. The van der Waals surface area contributed by atoms with Gasteiger partial charge in [0.05, 0.1) is 25.3 Å². The minimum atomic E-state index is -2.58. The smallest absolute Gasteiger partial charge is 0.317 e. The Morgan fingerprint density at radius 2 is 2.09 bits per heavy atom. The maximum atomic E-state index is 11.6. The fraction of sp³-hybridized carbons (Fsp3) is 0.818. The number of oxime groups is 1. The number of amides is 1. The first-order chi connectivity index (χ1) is 10.2. The zero-order valence-electron chi connectivity index (χ0n) is 13.3. The molecule has 0 unspecified atom stereocenters. The van der Waals surface area contributed by atoms with Gasteiger partial charge in [-0.2, -0.15) is 4.08 Å². The van der Waals surface area contributed by atoms with Crippen LogP contribution < -0.4 is 4.72 Å². The van der Waals surface area contributed by atoms with E-state index in [0.29, 0.717) is 24.8 Å². The molecule has 11 heteroatoms. The molecule has 1 amide bonds. The summed E-state index contributed by atoms with van der Waals surface area (Å²) in [6, 6.07) is 0. The van der Waals surface area contributed by atoms with Crippen LogP contribution in [0.15, 0.2) is 5.16 Å². The second kappa shape index (κ2) is 8.86. The molecule has 0 aromatic carbocycles. The Hall–Kier alpha value is 0.170.